The molecule has 0 fully saturated rings. The van der Waals surface area contributed by atoms with Gasteiger partial charge in [-0.2, -0.15) is 0 Å². The zero-order chi connectivity index (χ0) is 17.7. The van der Waals surface area contributed by atoms with E-state index in [9.17, 15) is 14.9 Å². The first-order valence-corrected chi connectivity index (χ1v) is 7.24. The third-order valence-electron chi connectivity index (χ3n) is 2.80. The fraction of sp³-hybridized carbons (Fsp3) is 0.0667. The summed E-state index contributed by atoms with van der Waals surface area (Å²) in [5.74, 6) is -0.876. The highest BCUT2D eigenvalue weighted by Crippen LogP contribution is 2.29. The molecule has 0 spiro atoms. The molecular formula is C15H10Cl2N2O5. The van der Waals surface area contributed by atoms with Crippen LogP contribution in [0.5, 0.6) is 5.75 Å². The Balaban J connectivity index is 2.17. The summed E-state index contributed by atoms with van der Waals surface area (Å²) >= 11 is 11.7. The smallest absolute Gasteiger partial charge is 0.341 e. The molecule has 2 rings (SSSR count). The number of hydrogen-bond acceptors (Lipinski definition) is 5. The Bertz CT molecular complexity index is 824. The second-order valence-corrected chi connectivity index (χ2v) is 5.34. The first-order chi connectivity index (χ1) is 11.4. The van der Waals surface area contributed by atoms with E-state index in [1.807, 2.05) is 0 Å². The van der Waals surface area contributed by atoms with Gasteiger partial charge in [0.2, 0.25) is 0 Å². The van der Waals surface area contributed by atoms with Crippen molar-refractivity contribution >= 4 is 46.8 Å². The van der Waals surface area contributed by atoms with Crippen LogP contribution in [0.1, 0.15) is 5.56 Å². The van der Waals surface area contributed by atoms with E-state index in [2.05, 4.69) is 4.99 Å². The number of nitrogens with zero attached hydrogens (tertiary/aromatic N) is 2. The maximum absolute atomic E-state index is 10.8. The lowest BCUT2D eigenvalue weighted by Crippen LogP contribution is -2.09. The quantitative estimate of drug-likeness (QED) is 0.469. The highest BCUT2D eigenvalue weighted by molar-refractivity contribution is 6.33. The Morgan fingerprint density at radius 3 is 2.62 bits per heavy atom. The van der Waals surface area contributed by atoms with Crippen LogP contribution in [0.2, 0.25) is 10.0 Å². The van der Waals surface area contributed by atoms with Gasteiger partial charge in [0.15, 0.2) is 6.61 Å². The standard InChI is InChI=1S/C15H10Cl2N2O5/c16-11-3-2-10(6-13(11)19(22)23)18-7-9-1-4-14(12(17)5-9)24-8-15(20)21/h1-7H,8H2,(H,20,21). The fourth-order valence-electron chi connectivity index (χ4n) is 1.72. The van der Waals surface area contributed by atoms with Crippen LogP contribution in [0.15, 0.2) is 41.4 Å². The number of hydrogen-bond donors (Lipinski definition) is 1. The third-order valence-corrected chi connectivity index (χ3v) is 3.41. The molecule has 0 atom stereocenters. The van der Waals surface area contributed by atoms with Gasteiger partial charge in [0, 0.05) is 12.3 Å². The molecule has 124 valence electrons. The minimum absolute atomic E-state index is 0.0296. The van der Waals surface area contributed by atoms with Crippen molar-refractivity contribution in [1.29, 1.82) is 0 Å². The van der Waals surface area contributed by atoms with Crippen molar-refractivity contribution in [2.75, 3.05) is 6.61 Å². The molecular weight excluding hydrogens is 359 g/mol. The van der Waals surface area contributed by atoms with Gasteiger partial charge < -0.3 is 9.84 Å². The number of halogens is 2. The molecule has 0 aliphatic carbocycles. The number of carbonyl (C=O) groups is 1. The summed E-state index contributed by atoms with van der Waals surface area (Å²) in [6, 6.07) is 8.85. The molecule has 0 aliphatic heterocycles. The van der Waals surface area contributed by atoms with Crippen molar-refractivity contribution in [1.82, 2.24) is 0 Å². The summed E-state index contributed by atoms with van der Waals surface area (Å²) in [6.07, 6.45) is 1.46. The summed E-state index contributed by atoms with van der Waals surface area (Å²) in [5, 5.41) is 19.7. The van der Waals surface area contributed by atoms with Crippen LogP contribution in [0.4, 0.5) is 11.4 Å². The van der Waals surface area contributed by atoms with E-state index in [0.717, 1.165) is 0 Å². The topological polar surface area (TPSA) is 102 Å². The van der Waals surface area contributed by atoms with Crippen molar-refractivity contribution in [3.8, 4) is 5.75 Å². The van der Waals surface area contributed by atoms with Crippen molar-refractivity contribution in [3.05, 3.63) is 62.1 Å². The molecule has 24 heavy (non-hydrogen) atoms. The van der Waals surface area contributed by atoms with Gasteiger partial charge in [0.1, 0.15) is 10.8 Å². The minimum atomic E-state index is -1.11. The maximum atomic E-state index is 10.8. The minimum Gasteiger partial charge on any atom is -0.480 e. The van der Waals surface area contributed by atoms with Crippen LogP contribution in [-0.4, -0.2) is 28.8 Å². The van der Waals surface area contributed by atoms with Crippen LogP contribution in [0.3, 0.4) is 0 Å². The summed E-state index contributed by atoms with van der Waals surface area (Å²) < 4.78 is 5.01. The highest BCUT2D eigenvalue weighted by Gasteiger charge is 2.12. The highest BCUT2D eigenvalue weighted by atomic mass is 35.5. The van der Waals surface area contributed by atoms with Crippen molar-refractivity contribution in [2.45, 2.75) is 0 Å². The van der Waals surface area contributed by atoms with Gasteiger partial charge in [-0.15, -0.1) is 0 Å². The number of nitro groups is 1. The largest absolute Gasteiger partial charge is 0.480 e. The molecule has 2 aromatic rings. The number of rotatable bonds is 6. The lowest BCUT2D eigenvalue weighted by molar-refractivity contribution is -0.384. The number of nitro benzene ring substituents is 1. The monoisotopic (exact) mass is 368 g/mol. The van der Waals surface area contributed by atoms with Gasteiger partial charge in [-0.25, -0.2) is 4.79 Å². The van der Waals surface area contributed by atoms with Crippen LogP contribution < -0.4 is 4.74 Å². The molecule has 0 aliphatic rings. The molecule has 0 saturated carbocycles. The van der Waals surface area contributed by atoms with Crippen LogP contribution in [0, 0.1) is 10.1 Å². The van der Waals surface area contributed by atoms with Gasteiger partial charge in [0.05, 0.1) is 15.6 Å². The predicted octanol–water partition coefficient (Wildman–Crippen LogP) is 4.12. The summed E-state index contributed by atoms with van der Waals surface area (Å²) in [7, 11) is 0. The zero-order valence-electron chi connectivity index (χ0n) is 12.0. The van der Waals surface area contributed by atoms with Crippen LogP contribution in [0.25, 0.3) is 0 Å². The number of aliphatic carboxylic acids is 1. The number of benzene rings is 2. The van der Waals surface area contributed by atoms with E-state index in [1.165, 1.54) is 36.5 Å². The van der Waals surface area contributed by atoms with E-state index in [1.54, 1.807) is 6.07 Å². The van der Waals surface area contributed by atoms with Gasteiger partial charge in [0.25, 0.3) is 5.69 Å². The van der Waals surface area contributed by atoms with Gasteiger partial charge in [-0.05, 0) is 35.9 Å². The first kappa shape index (κ1) is 17.7. The fourth-order valence-corrected chi connectivity index (χ4v) is 2.15. The molecule has 1 N–H and O–H groups in total. The van der Waals surface area contributed by atoms with Crippen molar-refractivity contribution in [3.63, 3.8) is 0 Å². The Labute approximate surface area is 146 Å². The van der Waals surface area contributed by atoms with Gasteiger partial charge in [-0.3, -0.25) is 15.1 Å². The Morgan fingerprint density at radius 1 is 1.25 bits per heavy atom. The van der Waals surface area contributed by atoms with Gasteiger partial charge >= 0.3 is 5.97 Å². The molecule has 0 amide bonds. The molecule has 9 heteroatoms. The van der Waals surface area contributed by atoms with E-state index in [0.29, 0.717) is 11.3 Å². The molecule has 0 unspecified atom stereocenters. The summed E-state index contributed by atoms with van der Waals surface area (Å²) in [5.41, 5.74) is 0.732. The Kier molecular flexibility index (Phi) is 5.73. The average molecular weight is 369 g/mol. The summed E-state index contributed by atoms with van der Waals surface area (Å²) in [6.45, 7) is -0.498. The number of aliphatic imine (C=N–C) groups is 1. The SMILES string of the molecule is O=C(O)COc1ccc(C=Nc2ccc(Cl)c([N+](=O)[O-])c2)cc1Cl. The summed E-state index contributed by atoms with van der Waals surface area (Å²) in [4.78, 5) is 24.8. The van der Waals surface area contributed by atoms with E-state index < -0.39 is 17.5 Å². The molecule has 2 aromatic carbocycles. The second kappa shape index (κ2) is 7.76. The molecule has 0 aromatic heterocycles. The normalized spacial score (nSPS) is 10.8. The molecule has 0 bridgehead atoms. The second-order valence-electron chi connectivity index (χ2n) is 4.52. The first-order valence-electron chi connectivity index (χ1n) is 6.49. The number of carboxylic acids is 1. The average Bonchev–Trinajstić information content (AvgIpc) is 2.52. The zero-order valence-corrected chi connectivity index (χ0v) is 13.5. The number of ether oxygens (including phenoxy) is 1. The Morgan fingerprint density at radius 2 is 2.00 bits per heavy atom. The third kappa shape index (κ3) is 4.68. The van der Waals surface area contributed by atoms with Crippen molar-refractivity contribution in [2.24, 2.45) is 4.99 Å². The van der Waals surface area contributed by atoms with E-state index in [4.69, 9.17) is 33.0 Å². The molecule has 7 nitrogen and oxygen atoms in total. The van der Waals surface area contributed by atoms with Crippen LogP contribution >= 0.6 is 23.2 Å². The molecule has 0 radical (unpaired) electrons. The van der Waals surface area contributed by atoms with E-state index in [-0.39, 0.29) is 21.5 Å². The van der Waals surface area contributed by atoms with Gasteiger partial charge in [-0.1, -0.05) is 23.2 Å². The predicted molar refractivity (Wildman–Crippen MR) is 89.9 cm³/mol. The lowest BCUT2D eigenvalue weighted by atomic mass is 10.2. The molecule has 0 heterocycles. The number of carboxylic acid groups (broad SMARTS) is 1. The van der Waals surface area contributed by atoms with Crippen LogP contribution in [-0.2, 0) is 4.79 Å². The molecule has 0 saturated heterocycles. The lowest BCUT2D eigenvalue weighted by Gasteiger charge is -2.05. The maximum Gasteiger partial charge on any atom is 0.341 e. The van der Waals surface area contributed by atoms with E-state index >= 15 is 0 Å². The Hall–Kier alpha value is -2.64. The van der Waals surface area contributed by atoms with Crippen molar-refractivity contribution < 1.29 is 19.6 Å².